The van der Waals surface area contributed by atoms with Gasteiger partial charge in [0, 0.05) is 5.38 Å². The molecule has 0 radical (unpaired) electrons. The van der Waals surface area contributed by atoms with Crippen LogP contribution in [0.4, 0.5) is 10.5 Å². The zero-order valence-electron chi connectivity index (χ0n) is 7.09. The summed E-state index contributed by atoms with van der Waals surface area (Å²) in [6.07, 6.45) is -0.390. The van der Waals surface area contributed by atoms with Crippen molar-refractivity contribution in [2.75, 3.05) is 11.9 Å². The first-order chi connectivity index (χ1) is 5.74. The predicted octanol–water partition coefficient (Wildman–Crippen LogP) is 2.62. The quantitative estimate of drug-likeness (QED) is 0.769. The van der Waals surface area contributed by atoms with Crippen LogP contribution in [-0.2, 0) is 4.74 Å². The van der Waals surface area contributed by atoms with Gasteiger partial charge in [0.1, 0.15) is 0 Å². The number of thiophene rings is 1. The number of rotatable bonds is 2. The Balaban J connectivity index is 2.52. The number of nitrogens with one attached hydrogen (secondary N) is 1. The topological polar surface area (TPSA) is 38.3 Å². The van der Waals surface area contributed by atoms with E-state index in [4.69, 9.17) is 4.74 Å². The van der Waals surface area contributed by atoms with E-state index >= 15 is 0 Å². The molecule has 0 fully saturated rings. The van der Waals surface area contributed by atoms with Crippen molar-refractivity contribution in [3.63, 3.8) is 0 Å². The van der Waals surface area contributed by atoms with Gasteiger partial charge in [-0.2, -0.15) is 0 Å². The molecule has 1 heterocycles. The van der Waals surface area contributed by atoms with Gasteiger partial charge in [0.05, 0.1) is 12.3 Å². The highest BCUT2D eigenvalue weighted by Gasteiger charge is 2.04. The maximum Gasteiger partial charge on any atom is 0.411 e. The summed E-state index contributed by atoms with van der Waals surface area (Å²) < 4.78 is 4.72. The van der Waals surface area contributed by atoms with Gasteiger partial charge in [0.15, 0.2) is 0 Å². The smallest absolute Gasteiger partial charge is 0.411 e. The van der Waals surface area contributed by atoms with E-state index in [1.807, 2.05) is 17.7 Å². The van der Waals surface area contributed by atoms with Gasteiger partial charge in [-0.1, -0.05) is 0 Å². The molecule has 1 N–H and O–H groups in total. The third-order valence-electron chi connectivity index (χ3n) is 1.37. The van der Waals surface area contributed by atoms with E-state index < -0.39 is 0 Å². The van der Waals surface area contributed by atoms with E-state index in [0.717, 1.165) is 11.3 Å². The number of carbonyl (C=O) groups is 1. The second-order valence-corrected chi connectivity index (χ2v) is 3.06. The molecule has 0 atom stereocenters. The third kappa shape index (κ3) is 2.23. The minimum Gasteiger partial charge on any atom is -0.450 e. The van der Waals surface area contributed by atoms with Crippen molar-refractivity contribution in [3.8, 4) is 0 Å². The largest absolute Gasteiger partial charge is 0.450 e. The lowest BCUT2D eigenvalue weighted by Gasteiger charge is -2.03. The van der Waals surface area contributed by atoms with Crippen molar-refractivity contribution in [1.82, 2.24) is 0 Å². The molecular weight excluding hydrogens is 174 g/mol. The van der Waals surface area contributed by atoms with Crippen LogP contribution in [0.25, 0.3) is 0 Å². The summed E-state index contributed by atoms with van der Waals surface area (Å²) in [6, 6.07) is 0. The lowest BCUT2D eigenvalue weighted by atomic mass is 10.3. The molecule has 66 valence electrons. The second kappa shape index (κ2) is 4.11. The lowest BCUT2D eigenvalue weighted by Crippen LogP contribution is -2.13. The molecular formula is C8H11NO2S. The highest BCUT2D eigenvalue weighted by Crippen LogP contribution is 2.19. The van der Waals surface area contributed by atoms with Crippen molar-refractivity contribution in [3.05, 3.63) is 16.3 Å². The van der Waals surface area contributed by atoms with Crippen LogP contribution in [0.3, 0.4) is 0 Å². The van der Waals surface area contributed by atoms with Crippen molar-refractivity contribution in [2.45, 2.75) is 13.8 Å². The Kier molecular flexibility index (Phi) is 3.10. The first kappa shape index (κ1) is 9.06. The fourth-order valence-corrected chi connectivity index (χ4v) is 1.55. The number of aryl methyl sites for hydroxylation is 1. The number of amides is 1. The summed E-state index contributed by atoms with van der Waals surface area (Å²) in [6.45, 7) is 4.12. The van der Waals surface area contributed by atoms with Gasteiger partial charge in [-0.15, -0.1) is 11.3 Å². The number of anilines is 1. The molecule has 12 heavy (non-hydrogen) atoms. The number of hydrogen-bond donors (Lipinski definition) is 1. The molecule has 0 aromatic carbocycles. The number of hydrogen-bond acceptors (Lipinski definition) is 3. The molecule has 4 heteroatoms. The second-order valence-electron chi connectivity index (χ2n) is 2.31. The van der Waals surface area contributed by atoms with Gasteiger partial charge in [-0.25, -0.2) is 4.79 Å². The van der Waals surface area contributed by atoms with Gasteiger partial charge in [-0.05, 0) is 24.8 Å². The first-order valence-corrected chi connectivity index (χ1v) is 4.65. The predicted molar refractivity (Wildman–Crippen MR) is 49.7 cm³/mol. The average Bonchev–Trinajstić information content (AvgIpc) is 2.37. The van der Waals surface area contributed by atoms with Gasteiger partial charge in [-0.3, -0.25) is 5.32 Å². The lowest BCUT2D eigenvalue weighted by molar-refractivity contribution is 0.168. The molecule has 0 spiro atoms. The summed E-state index contributed by atoms with van der Waals surface area (Å²) in [5.41, 5.74) is 1.89. The Morgan fingerprint density at radius 2 is 2.42 bits per heavy atom. The molecule has 0 unspecified atom stereocenters. The SMILES string of the molecule is CCOC(=O)Nc1cscc1C. The molecule has 0 aliphatic heterocycles. The molecule has 0 aliphatic rings. The van der Waals surface area contributed by atoms with Crippen LogP contribution >= 0.6 is 11.3 Å². The maximum absolute atomic E-state index is 10.9. The Morgan fingerprint density at radius 3 is 2.92 bits per heavy atom. The van der Waals surface area contributed by atoms with Gasteiger partial charge in [0.2, 0.25) is 0 Å². The highest BCUT2D eigenvalue weighted by atomic mass is 32.1. The molecule has 3 nitrogen and oxygen atoms in total. The number of ether oxygens (including phenoxy) is 1. The molecule has 0 bridgehead atoms. The van der Waals surface area contributed by atoms with Gasteiger partial charge < -0.3 is 4.74 Å². The zero-order valence-corrected chi connectivity index (χ0v) is 7.90. The van der Waals surface area contributed by atoms with Crippen LogP contribution in [0.2, 0.25) is 0 Å². The van der Waals surface area contributed by atoms with Crippen molar-refractivity contribution >= 4 is 23.1 Å². The summed E-state index contributed by atoms with van der Waals surface area (Å²) in [5, 5.41) is 6.50. The van der Waals surface area contributed by atoms with Crippen LogP contribution in [-0.4, -0.2) is 12.7 Å². The van der Waals surface area contributed by atoms with E-state index in [9.17, 15) is 4.79 Å². The zero-order chi connectivity index (χ0) is 8.97. The normalized spacial score (nSPS) is 9.50. The van der Waals surface area contributed by atoms with E-state index in [2.05, 4.69) is 5.32 Å². The van der Waals surface area contributed by atoms with E-state index in [-0.39, 0.29) is 6.09 Å². The van der Waals surface area contributed by atoms with Crippen LogP contribution in [0, 0.1) is 6.92 Å². The molecule has 0 saturated carbocycles. The minimum absolute atomic E-state index is 0.390. The fourth-order valence-electron chi connectivity index (χ4n) is 0.766. The molecule has 1 amide bonds. The van der Waals surface area contributed by atoms with Crippen LogP contribution in [0.15, 0.2) is 10.8 Å². The first-order valence-electron chi connectivity index (χ1n) is 3.70. The Morgan fingerprint density at radius 1 is 1.67 bits per heavy atom. The Labute approximate surface area is 75.4 Å². The Hall–Kier alpha value is -1.03. The van der Waals surface area contributed by atoms with Crippen LogP contribution in [0.1, 0.15) is 12.5 Å². The monoisotopic (exact) mass is 185 g/mol. The maximum atomic E-state index is 10.9. The van der Waals surface area contributed by atoms with E-state index in [1.165, 1.54) is 0 Å². The van der Waals surface area contributed by atoms with Crippen molar-refractivity contribution in [1.29, 1.82) is 0 Å². The van der Waals surface area contributed by atoms with Crippen LogP contribution < -0.4 is 5.32 Å². The van der Waals surface area contributed by atoms with Gasteiger partial charge in [0.25, 0.3) is 0 Å². The van der Waals surface area contributed by atoms with E-state index in [0.29, 0.717) is 6.61 Å². The van der Waals surface area contributed by atoms with Crippen molar-refractivity contribution < 1.29 is 9.53 Å². The standard InChI is InChI=1S/C8H11NO2S/c1-3-11-8(10)9-7-5-12-4-6(7)2/h4-5H,3H2,1-2H3,(H,9,10). The summed E-state index contributed by atoms with van der Waals surface area (Å²) in [5.74, 6) is 0. The molecule has 0 aliphatic carbocycles. The molecule has 1 aromatic heterocycles. The van der Waals surface area contributed by atoms with Gasteiger partial charge >= 0.3 is 6.09 Å². The third-order valence-corrected chi connectivity index (χ3v) is 2.23. The molecule has 1 aromatic rings. The summed E-state index contributed by atoms with van der Waals surface area (Å²) in [4.78, 5) is 10.9. The van der Waals surface area contributed by atoms with Crippen molar-refractivity contribution in [2.24, 2.45) is 0 Å². The molecule has 1 rings (SSSR count). The summed E-state index contributed by atoms with van der Waals surface area (Å²) >= 11 is 1.56. The minimum atomic E-state index is -0.390. The Bertz CT molecular complexity index is 270. The summed E-state index contributed by atoms with van der Waals surface area (Å²) in [7, 11) is 0. The average molecular weight is 185 g/mol. The highest BCUT2D eigenvalue weighted by molar-refractivity contribution is 7.08. The molecule has 0 saturated heterocycles. The number of carbonyl (C=O) groups excluding carboxylic acids is 1. The fraction of sp³-hybridized carbons (Fsp3) is 0.375. The van der Waals surface area contributed by atoms with E-state index in [1.54, 1.807) is 18.3 Å². The van der Waals surface area contributed by atoms with Crippen LogP contribution in [0.5, 0.6) is 0 Å².